The summed E-state index contributed by atoms with van der Waals surface area (Å²) in [5.74, 6) is 1.10. The Morgan fingerprint density at radius 1 is 1.00 bits per heavy atom. The Kier molecular flexibility index (Phi) is 13.4. The van der Waals surface area contributed by atoms with Crippen molar-refractivity contribution in [2.75, 3.05) is 64.9 Å². The third-order valence-electron chi connectivity index (χ3n) is 10.3. The number of hydrogen-bond acceptors (Lipinski definition) is 8. The average molecular weight is 701 g/mol. The first-order valence-electron chi connectivity index (χ1n) is 18.5. The second-order valence-electron chi connectivity index (χ2n) is 14.6. The van der Waals surface area contributed by atoms with E-state index in [0.717, 1.165) is 49.0 Å². The van der Waals surface area contributed by atoms with Gasteiger partial charge < -0.3 is 40.1 Å². The number of ether oxygens (including phenoxy) is 2. The number of amides is 2. The predicted octanol–water partition coefficient (Wildman–Crippen LogP) is 5.49. The highest BCUT2D eigenvalue weighted by Gasteiger charge is 2.39. The summed E-state index contributed by atoms with van der Waals surface area (Å²) in [4.78, 5) is 29.5. The van der Waals surface area contributed by atoms with Gasteiger partial charge in [-0.1, -0.05) is 62.4 Å². The number of likely N-dealkylation sites (tertiary alicyclic amines) is 1. The molecule has 2 aliphatic heterocycles. The highest BCUT2D eigenvalue weighted by molar-refractivity contribution is 5.97. The molecular weight excluding hydrogens is 644 g/mol. The molecule has 1 fully saturated rings. The van der Waals surface area contributed by atoms with E-state index in [9.17, 15) is 19.8 Å². The zero-order chi connectivity index (χ0) is 36.4. The lowest BCUT2D eigenvalue weighted by Gasteiger charge is -2.42. The number of benzene rings is 3. The molecule has 3 aromatic carbocycles. The molecule has 0 saturated carbocycles. The van der Waals surface area contributed by atoms with Crippen LogP contribution in [0.15, 0.2) is 60.7 Å². The normalized spacial score (nSPS) is 16.3. The van der Waals surface area contributed by atoms with Crippen molar-refractivity contribution in [3.05, 3.63) is 82.9 Å². The number of aromatic hydroxyl groups is 2. The molecule has 0 aromatic heterocycles. The van der Waals surface area contributed by atoms with E-state index < -0.39 is 0 Å². The number of phenolic OH excluding ortho intramolecular Hbond substituents is 2. The van der Waals surface area contributed by atoms with Crippen LogP contribution in [0.2, 0.25) is 0 Å². The maximum atomic E-state index is 13.5. The third kappa shape index (κ3) is 9.81. The molecule has 0 spiro atoms. The maximum absolute atomic E-state index is 13.5. The topological polar surface area (TPSA) is 124 Å². The number of anilines is 1. The number of piperidine rings is 1. The van der Waals surface area contributed by atoms with E-state index >= 15 is 0 Å². The van der Waals surface area contributed by atoms with E-state index in [0.29, 0.717) is 75.2 Å². The lowest BCUT2D eigenvalue weighted by molar-refractivity contribution is -0.134. The molecule has 2 heterocycles. The van der Waals surface area contributed by atoms with E-state index in [2.05, 4.69) is 73.7 Å². The van der Waals surface area contributed by atoms with Crippen LogP contribution in [0.4, 0.5) is 5.69 Å². The summed E-state index contributed by atoms with van der Waals surface area (Å²) in [5, 5.41) is 27.3. The first-order valence-corrected chi connectivity index (χ1v) is 18.5. The standard InChI is InChI=1S/C41H56N4O6/c1-29(2)26-30(3)45(23-20-42-19-14-32-11-13-36(47)39-40(32)51-28-37(48)43-39)38(49)16-25-50-24-15-31-10-12-35(46)34(27-31)41(17-21-44(4)22-18-41)33-8-6-5-7-9-33/h5-13,27,29-30,42,46-47H,14-26,28H2,1-4H3,(H,43,48)/t30-/m1/s1. The highest BCUT2D eigenvalue weighted by atomic mass is 16.5. The van der Waals surface area contributed by atoms with Crippen molar-refractivity contribution in [1.82, 2.24) is 15.1 Å². The lowest BCUT2D eigenvalue weighted by Crippen LogP contribution is -2.43. The van der Waals surface area contributed by atoms with Crippen molar-refractivity contribution in [3.8, 4) is 17.2 Å². The van der Waals surface area contributed by atoms with Gasteiger partial charge >= 0.3 is 0 Å². The van der Waals surface area contributed by atoms with Gasteiger partial charge in [0.1, 0.15) is 17.2 Å². The summed E-state index contributed by atoms with van der Waals surface area (Å²) in [6.45, 7) is 11.0. The Bertz CT molecular complexity index is 1610. The molecule has 2 aliphatic rings. The number of rotatable bonds is 17. The monoisotopic (exact) mass is 700 g/mol. The van der Waals surface area contributed by atoms with Gasteiger partial charge in [0.25, 0.3) is 5.91 Å². The number of hydrogen-bond donors (Lipinski definition) is 4. The van der Waals surface area contributed by atoms with E-state index in [-0.39, 0.29) is 35.6 Å². The first kappa shape index (κ1) is 38.1. The van der Waals surface area contributed by atoms with Crippen LogP contribution in [0.25, 0.3) is 0 Å². The SMILES string of the molecule is CC(C)C[C@@H](C)N(CCNCCc1ccc(O)c2c1OCC(=O)N2)C(=O)CCOCCc1ccc(O)c(C2(c3ccccc3)CCN(C)CC2)c1. The number of carbonyl (C=O) groups is 2. The first-order chi connectivity index (χ1) is 24.6. The Balaban J connectivity index is 1.11. The van der Waals surface area contributed by atoms with Crippen LogP contribution < -0.4 is 15.4 Å². The van der Waals surface area contributed by atoms with E-state index in [1.54, 1.807) is 6.07 Å². The van der Waals surface area contributed by atoms with Crippen molar-refractivity contribution >= 4 is 17.5 Å². The van der Waals surface area contributed by atoms with Gasteiger partial charge in [-0.25, -0.2) is 0 Å². The Labute approximate surface area is 303 Å². The summed E-state index contributed by atoms with van der Waals surface area (Å²) in [5.41, 5.74) is 4.34. The predicted molar refractivity (Wildman–Crippen MR) is 201 cm³/mol. The van der Waals surface area contributed by atoms with Crippen LogP contribution in [0.3, 0.4) is 0 Å². The summed E-state index contributed by atoms with van der Waals surface area (Å²) in [6, 6.07) is 20.0. The molecule has 10 nitrogen and oxygen atoms in total. The number of phenols is 2. The highest BCUT2D eigenvalue weighted by Crippen LogP contribution is 2.45. The molecule has 51 heavy (non-hydrogen) atoms. The second-order valence-corrected chi connectivity index (χ2v) is 14.6. The molecular formula is C41H56N4O6. The zero-order valence-electron chi connectivity index (χ0n) is 30.7. The minimum absolute atomic E-state index is 0.0127. The third-order valence-corrected chi connectivity index (χ3v) is 10.3. The number of nitrogens with one attached hydrogen (secondary N) is 2. The fourth-order valence-electron chi connectivity index (χ4n) is 7.55. The number of fused-ring (bicyclic) bond motifs is 1. The van der Waals surface area contributed by atoms with Crippen LogP contribution in [-0.4, -0.2) is 97.5 Å². The van der Waals surface area contributed by atoms with E-state index in [4.69, 9.17) is 9.47 Å². The van der Waals surface area contributed by atoms with Gasteiger partial charge in [0.05, 0.1) is 19.6 Å². The molecule has 0 unspecified atom stereocenters. The van der Waals surface area contributed by atoms with Crippen LogP contribution >= 0.6 is 0 Å². The molecule has 1 atom stereocenters. The van der Waals surface area contributed by atoms with Crippen LogP contribution in [0, 0.1) is 5.92 Å². The minimum atomic E-state index is -0.287. The quantitative estimate of drug-likeness (QED) is 0.108. The molecule has 4 N–H and O–H groups in total. The molecule has 276 valence electrons. The number of nitrogens with zero attached hydrogens (tertiary/aromatic N) is 2. The fraction of sp³-hybridized carbons (Fsp3) is 0.512. The summed E-state index contributed by atoms with van der Waals surface area (Å²) in [6.07, 6.45) is 4.47. The Hall–Kier alpha value is -4.12. The van der Waals surface area contributed by atoms with Crippen molar-refractivity contribution in [1.29, 1.82) is 0 Å². The summed E-state index contributed by atoms with van der Waals surface area (Å²) < 4.78 is 11.6. The van der Waals surface area contributed by atoms with Gasteiger partial charge in [0.15, 0.2) is 12.4 Å². The molecule has 0 aliphatic carbocycles. The molecule has 3 aromatic rings. The van der Waals surface area contributed by atoms with Crippen molar-refractivity contribution in [2.24, 2.45) is 5.92 Å². The molecule has 10 heteroatoms. The van der Waals surface area contributed by atoms with Crippen LogP contribution in [0.1, 0.15) is 68.7 Å². The van der Waals surface area contributed by atoms with Gasteiger partial charge in [-0.3, -0.25) is 9.59 Å². The molecule has 2 amide bonds. The fourth-order valence-corrected chi connectivity index (χ4v) is 7.55. The van der Waals surface area contributed by atoms with Crippen LogP contribution in [-0.2, 0) is 32.6 Å². The van der Waals surface area contributed by atoms with Crippen molar-refractivity contribution < 1.29 is 29.3 Å². The number of carbonyl (C=O) groups excluding carboxylic acids is 2. The second kappa shape index (κ2) is 17.9. The molecule has 5 rings (SSSR count). The molecule has 0 bridgehead atoms. The summed E-state index contributed by atoms with van der Waals surface area (Å²) >= 11 is 0. The maximum Gasteiger partial charge on any atom is 0.262 e. The summed E-state index contributed by atoms with van der Waals surface area (Å²) in [7, 11) is 2.15. The van der Waals surface area contributed by atoms with E-state index in [1.165, 1.54) is 5.56 Å². The van der Waals surface area contributed by atoms with E-state index in [1.807, 2.05) is 29.2 Å². The lowest BCUT2D eigenvalue weighted by atomic mass is 9.67. The van der Waals surface area contributed by atoms with Crippen molar-refractivity contribution in [2.45, 2.75) is 70.8 Å². The minimum Gasteiger partial charge on any atom is -0.508 e. The smallest absolute Gasteiger partial charge is 0.262 e. The largest absolute Gasteiger partial charge is 0.508 e. The van der Waals surface area contributed by atoms with Gasteiger partial charge in [-0.2, -0.15) is 0 Å². The zero-order valence-corrected chi connectivity index (χ0v) is 30.7. The molecule has 1 saturated heterocycles. The van der Waals surface area contributed by atoms with Gasteiger partial charge in [0.2, 0.25) is 5.91 Å². The molecule has 0 radical (unpaired) electrons. The van der Waals surface area contributed by atoms with Gasteiger partial charge in [-0.15, -0.1) is 0 Å². The average Bonchev–Trinajstić information content (AvgIpc) is 3.11. The Morgan fingerprint density at radius 3 is 2.49 bits per heavy atom. The van der Waals surface area contributed by atoms with Gasteiger partial charge in [-0.05, 0) is 100 Å². The van der Waals surface area contributed by atoms with Gasteiger partial charge in [0, 0.05) is 30.1 Å². The van der Waals surface area contributed by atoms with Crippen LogP contribution in [0.5, 0.6) is 17.2 Å². The Morgan fingerprint density at radius 2 is 1.75 bits per heavy atom. The van der Waals surface area contributed by atoms with Crippen molar-refractivity contribution in [3.63, 3.8) is 0 Å².